The summed E-state index contributed by atoms with van der Waals surface area (Å²) < 4.78 is 37.5. The Hall–Kier alpha value is -3.96. The van der Waals surface area contributed by atoms with Crippen LogP contribution in [0.1, 0.15) is 53.0 Å². The van der Waals surface area contributed by atoms with Crippen molar-refractivity contribution in [1.82, 2.24) is 21.3 Å². The fourth-order valence-corrected chi connectivity index (χ4v) is 4.26. The summed E-state index contributed by atoms with van der Waals surface area (Å²) in [5, 5.41) is 21.3. The summed E-state index contributed by atoms with van der Waals surface area (Å²) in [5.41, 5.74) is 5.09. The largest absolute Gasteiger partial charge is 0.444 e. The van der Waals surface area contributed by atoms with Crippen LogP contribution in [-0.4, -0.2) is 83.9 Å². The number of carbonyl (C=O) groups excluding carboxylic acids is 5. The number of rotatable bonds is 15. The molecule has 0 heterocycles. The highest BCUT2D eigenvalue weighted by Crippen LogP contribution is 2.12. The van der Waals surface area contributed by atoms with Crippen LogP contribution in [0.4, 0.5) is 15.3 Å². The van der Waals surface area contributed by atoms with Gasteiger partial charge in [0.05, 0.1) is 6.61 Å². The van der Waals surface area contributed by atoms with Gasteiger partial charge in [-0.3, -0.25) is 18.9 Å². The lowest BCUT2D eigenvalue weighted by Gasteiger charge is -2.27. The van der Waals surface area contributed by atoms with Crippen molar-refractivity contribution in [3.05, 3.63) is 29.8 Å². The molecule has 0 bridgehead atoms. The summed E-state index contributed by atoms with van der Waals surface area (Å²) in [5.74, 6) is -4.30. The predicted octanol–water partition coefficient (Wildman–Crippen LogP) is -0.0274. The quantitative estimate of drug-likeness (QED) is 0.0948. The van der Waals surface area contributed by atoms with Crippen molar-refractivity contribution >= 4 is 45.7 Å². The lowest BCUT2D eigenvalue weighted by Crippen LogP contribution is -2.59. The van der Waals surface area contributed by atoms with Gasteiger partial charge < -0.3 is 42.2 Å². The molecule has 1 rings (SSSR count). The number of aliphatic hydroxyl groups excluding tert-OH is 1. The summed E-state index contributed by atoms with van der Waals surface area (Å²) in [6.45, 7) is 7.72. The van der Waals surface area contributed by atoms with Gasteiger partial charge in [0.25, 0.3) is 10.1 Å². The van der Waals surface area contributed by atoms with Gasteiger partial charge in [0.15, 0.2) is 0 Å². The maximum Gasteiger partial charge on any atom is 0.408 e. The second kappa shape index (κ2) is 16.6. The van der Waals surface area contributed by atoms with E-state index in [0.29, 0.717) is 11.3 Å². The first-order chi connectivity index (χ1) is 19.8. The van der Waals surface area contributed by atoms with Crippen LogP contribution >= 0.6 is 0 Å². The molecule has 0 fully saturated rings. The molecule has 16 nitrogen and oxygen atoms in total. The first-order valence-electron chi connectivity index (χ1n) is 13.4. The molecule has 0 aliphatic heterocycles. The number of alkyl carbamates (subject to hydrolysis) is 1. The fourth-order valence-electron chi connectivity index (χ4n) is 3.60. The number of benzene rings is 1. The standard InChI is InChI=1S/C26H42N6O10S/c1-15(2)20(32-22(35)19(14-43(39,40)41)31-25(38)42-26(3,4)5)23(36)30-18(7-6-12-28-24(27)37)21(34)29-17-10-8-16(13-33)9-11-17/h8-11,15,18-20,33H,6-7,12-14H2,1-5H3,(H,29,34)(H,30,36)(H,31,38)(H,32,35)(H3,27,28,37)(H,39,40,41)/t18-,19-,20-/m0/s1. The first-order valence-corrected chi connectivity index (χ1v) is 15.0. The zero-order chi connectivity index (χ0) is 33.0. The Morgan fingerprint density at radius 3 is 2.02 bits per heavy atom. The first kappa shape index (κ1) is 37.1. The molecule has 43 heavy (non-hydrogen) atoms. The smallest absolute Gasteiger partial charge is 0.408 e. The molecular weight excluding hydrogens is 588 g/mol. The van der Waals surface area contributed by atoms with Crippen LogP contribution in [0.2, 0.25) is 0 Å². The van der Waals surface area contributed by atoms with E-state index in [0.717, 1.165) is 0 Å². The molecule has 0 aliphatic carbocycles. The second-order valence-corrected chi connectivity index (χ2v) is 12.5. The number of aliphatic hydroxyl groups is 1. The van der Waals surface area contributed by atoms with E-state index in [9.17, 15) is 42.0 Å². The molecule has 1 aromatic carbocycles. The third-order valence-electron chi connectivity index (χ3n) is 5.64. The maximum absolute atomic E-state index is 13.3. The number of anilines is 1. The van der Waals surface area contributed by atoms with Crippen molar-refractivity contribution < 1.29 is 46.8 Å². The average molecular weight is 631 g/mol. The molecular formula is C26H42N6O10S. The monoisotopic (exact) mass is 630 g/mol. The molecule has 9 N–H and O–H groups in total. The summed E-state index contributed by atoms with van der Waals surface area (Å²) in [6.07, 6.45) is -0.841. The number of ether oxygens (including phenoxy) is 1. The van der Waals surface area contributed by atoms with Crippen LogP contribution in [0.15, 0.2) is 24.3 Å². The number of primary amides is 1. The molecule has 6 amide bonds. The molecule has 0 spiro atoms. The van der Waals surface area contributed by atoms with E-state index >= 15 is 0 Å². The van der Waals surface area contributed by atoms with E-state index in [4.69, 9.17) is 10.5 Å². The van der Waals surface area contributed by atoms with Gasteiger partial charge in [-0.1, -0.05) is 26.0 Å². The Kier molecular flexibility index (Phi) is 14.3. The van der Waals surface area contributed by atoms with Gasteiger partial charge >= 0.3 is 12.1 Å². The van der Waals surface area contributed by atoms with Crippen molar-refractivity contribution in [2.24, 2.45) is 11.7 Å². The molecule has 0 saturated heterocycles. The van der Waals surface area contributed by atoms with Gasteiger partial charge in [0, 0.05) is 12.2 Å². The van der Waals surface area contributed by atoms with Crippen molar-refractivity contribution in [2.45, 2.75) is 77.8 Å². The Bertz CT molecular complexity index is 1230. The number of urea groups is 1. The molecule has 0 saturated carbocycles. The van der Waals surface area contributed by atoms with E-state index in [-0.39, 0.29) is 26.0 Å². The van der Waals surface area contributed by atoms with Crippen LogP contribution in [0, 0.1) is 5.92 Å². The van der Waals surface area contributed by atoms with Gasteiger partial charge in [-0.2, -0.15) is 8.42 Å². The van der Waals surface area contributed by atoms with Crippen molar-refractivity contribution in [2.75, 3.05) is 17.6 Å². The predicted molar refractivity (Wildman–Crippen MR) is 156 cm³/mol. The van der Waals surface area contributed by atoms with Gasteiger partial charge in [0.2, 0.25) is 17.7 Å². The fraction of sp³-hybridized carbons (Fsp3) is 0.577. The van der Waals surface area contributed by atoms with Crippen LogP contribution in [0.3, 0.4) is 0 Å². The van der Waals surface area contributed by atoms with Crippen LogP contribution in [-0.2, 0) is 35.8 Å². The third-order valence-corrected chi connectivity index (χ3v) is 6.39. The lowest BCUT2D eigenvalue weighted by molar-refractivity contribution is -0.132. The van der Waals surface area contributed by atoms with Gasteiger partial charge in [-0.05, 0) is 57.2 Å². The molecule has 242 valence electrons. The molecule has 0 unspecified atom stereocenters. The molecule has 0 aromatic heterocycles. The average Bonchev–Trinajstić information content (AvgIpc) is 2.86. The van der Waals surface area contributed by atoms with E-state index in [2.05, 4.69) is 26.6 Å². The van der Waals surface area contributed by atoms with E-state index in [1.165, 1.54) is 0 Å². The third kappa shape index (κ3) is 15.2. The number of nitrogens with two attached hydrogens (primary N) is 1. The van der Waals surface area contributed by atoms with Gasteiger partial charge in [0.1, 0.15) is 29.5 Å². The molecule has 1 aromatic rings. The summed E-state index contributed by atoms with van der Waals surface area (Å²) >= 11 is 0. The number of hydrogen-bond acceptors (Lipinski definition) is 9. The van der Waals surface area contributed by atoms with Crippen LogP contribution in [0.5, 0.6) is 0 Å². The SMILES string of the molecule is CC(C)[C@H](NC(=O)[C@H](CS(=O)(=O)O)NC(=O)OC(C)(C)C)C(=O)N[C@@H](CCCNC(N)=O)C(=O)Nc1ccc(CO)cc1. The second-order valence-electron chi connectivity index (χ2n) is 11.0. The highest BCUT2D eigenvalue weighted by molar-refractivity contribution is 7.85. The highest BCUT2D eigenvalue weighted by atomic mass is 32.2. The van der Waals surface area contributed by atoms with Gasteiger partial charge in [-0.15, -0.1) is 0 Å². The number of amides is 6. The number of nitrogens with one attached hydrogen (secondary N) is 5. The van der Waals surface area contributed by atoms with Crippen molar-refractivity contribution in [1.29, 1.82) is 0 Å². The maximum atomic E-state index is 13.3. The highest BCUT2D eigenvalue weighted by Gasteiger charge is 2.34. The minimum absolute atomic E-state index is 0.0525. The summed E-state index contributed by atoms with van der Waals surface area (Å²) in [6, 6.07) is 1.27. The Labute approximate surface area is 250 Å². The minimum Gasteiger partial charge on any atom is -0.444 e. The molecule has 0 radical (unpaired) electrons. The number of hydrogen-bond donors (Lipinski definition) is 8. The van der Waals surface area contributed by atoms with Crippen molar-refractivity contribution in [3.8, 4) is 0 Å². The van der Waals surface area contributed by atoms with E-state index in [1.807, 2.05) is 0 Å². The Morgan fingerprint density at radius 1 is 0.930 bits per heavy atom. The van der Waals surface area contributed by atoms with Crippen LogP contribution < -0.4 is 32.3 Å². The minimum atomic E-state index is -4.75. The zero-order valence-electron chi connectivity index (χ0n) is 24.8. The summed E-state index contributed by atoms with van der Waals surface area (Å²) in [4.78, 5) is 62.7. The summed E-state index contributed by atoms with van der Waals surface area (Å²) in [7, 11) is -4.75. The van der Waals surface area contributed by atoms with Crippen LogP contribution in [0.25, 0.3) is 0 Å². The molecule has 0 aliphatic rings. The molecule has 3 atom stereocenters. The number of carbonyl (C=O) groups is 5. The lowest BCUT2D eigenvalue weighted by atomic mass is 10.0. The van der Waals surface area contributed by atoms with E-state index in [1.54, 1.807) is 58.9 Å². The normalized spacial score (nSPS) is 13.7. The Balaban J connectivity index is 3.13. The molecule has 17 heteroatoms. The van der Waals surface area contributed by atoms with Crippen molar-refractivity contribution in [3.63, 3.8) is 0 Å². The topological polar surface area (TPSA) is 255 Å². The zero-order valence-corrected chi connectivity index (χ0v) is 25.6. The van der Waals surface area contributed by atoms with E-state index < -0.39 is 75.4 Å². The Morgan fingerprint density at radius 2 is 1.53 bits per heavy atom. The van der Waals surface area contributed by atoms with Gasteiger partial charge in [-0.25, -0.2) is 9.59 Å².